The van der Waals surface area contributed by atoms with E-state index < -0.39 is 0 Å². The molecule has 0 unspecified atom stereocenters. The van der Waals surface area contributed by atoms with E-state index in [-0.39, 0.29) is 12.1 Å². The van der Waals surface area contributed by atoms with Crippen molar-refractivity contribution in [2.24, 2.45) is 0 Å². The molecule has 0 saturated carbocycles. The molecule has 1 heterocycles. The molecule has 0 aliphatic carbocycles. The zero-order chi connectivity index (χ0) is 32.3. The Morgan fingerprint density at radius 3 is 1.19 bits per heavy atom. The van der Waals surface area contributed by atoms with Crippen LogP contribution in [0.3, 0.4) is 0 Å². The van der Waals surface area contributed by atoms with Gasteiger partial charge >= 0.3 is 0 Å². The SMILES string of the molecule is CCC(CC)c1ccc2ccccc2c1N1[C]N(c2c(C(CC)CC)ccc3ccccc23)[C@@H](c2ccccc2)[C@@H]1c1ccccc1. The van der Waals surface area contributed by atoms with Crippen molar-refractivity contribution in [1.82, 2.24) is 0 Å². The molecular weight excluding hydrogens is 569 g/mol. The molecule has 6 aromatic rings. The molecule has 7 rings (SSSR count). The first kappa shape index (κ1) is 31.1. The largest absolute Gasteiger partial charge is 0.331 e. The van der Waals surface area contributed by atoms with E-state index in [1.165, 1.54) is 55.2 Å². The zero-order valence-electron chi connectivity index (χ0n) is 28.2. The van der Waals surface area contributed by atoms with E-state index in [2.05, 4.69) is 178 Å². The van der Waals surface area contributed by atoms with E-state index in [1.54, 1.807) is 0 Å². The summed E-state index contributed by atoms with van der Waals surface area (Å²) in [5, 5.41) is 5.11. The number of fused-ring (bicyclic) bond motifs is 2. The van der Waals surface area contributed by atoms with Gasteiger partial charge in [0.05, 0.1) is 23.5 Å². The van der Waals surface area contributed by atoms with Gasteiger partial charge in [-0.05, 0) is 70.5 Å². The summed E-state index contributed by atoms with van der Waals surface area (Å²) in [6.45, 7) is 13.5. The fourth-order valence-electron chi connectivity index (χ4n) is 8.06. The molecule has 1 aliphatic rings. The summed E-state index contributed by atoms with van der Waals surface area (Å²) in [5.41, 5.74) is 7.99. The standard InChI is InChI=1S/C45H46N2/c1-5-32(6-2)40-29-27-34-19-15-17-25-38(34)44(40)46-31-47(43(37-23-13-10-14-24-37)42(46)36-21-11-9-12-22-36)45-39-26-18-16-20-35(39)28-30-41(45)33(7-3)8-4/h9-30,32-33,42-43H,5-8H2,1-4H3/t42-,43-/m0/s1. The fourth-order valence-corrected chi connectivity index (χ4v) is 8.06. The average molecular weight is 615 g/mol. The fraction of sp³-hybridized carbons (Fsp3) is 0.267. The monoisotopic (exact) mass is 614 g/mol. The Bertz CT molecular complexity index is 1800. The van der Waals surface area contributed by atoms with Gasteiger partial charge in [0.15, 0.2) is 0 Å². The van der Waals surface area contributed by atoms with Gasteiger partial charge in [0.25, 0.3) is 0 Å². The first-order valence-corrected chi connectivity index (χ1v) is 17.7. The lowest BCUT2D eigenvalue weighted by Gasteiger charge is -2.33. The highest BCUT2D eigenvalue weighted by Crippen LogP contribution is 2.55. The normalized spacial score (nSPS) is 16.6. The maximum Gasteiger partial charge on any atom is 0.210 e. The van der Waals surface area contributed by atoms with Crippen molar-refractivity contribution >= 4 is 32.9 Å². The number of nitrogens with zero attached hydrogens (tertiary/aromatic N) is 2. The Morgan fingerprint density at radius 1 is 0.447 bits per heavy atom. The van der Waals surface area contributed by atoms with Crippen molar-refractivity contribution in [2.45, 2.75) is 77.3 Å². The van der Waals surface area contributed by atoms with E-state index in [4.69, 9.17) is 0 Å². The second-order valence-electron chi connectivity index (χ2n) is 13.0. The number of anilines is 2. The van der Waals surface area contributed by atoms with E-state index in [0.717, 1.165) is 25.7 Å². The molecule has 0 N–H and O–H groups in total. The van der Waals surface area contributed by atoms with Gasteiger partial charge in [-0.2, -0.15) is 0 Å². The van der Waals surface area contributed by atoms with Crippen molar-refractivity contribution in [3.8, 4) is 0 Å². The number of rotatable bonds is 10. The maximum absolute atomic E-state index is 4.16. The smallest absolute Gasteiger partial charge is 0.210 e. The lowest BCUT2D eigenvalue weighted by atomic mass is 9.86. The summed E-state index contributed by atoms with van der Waals surface area (Å²) in [4.78, 5) is 5.06. The van der Waals surface area contributed by atoms with E-state index in [9.17, 15) is 0 Å². The van der Waals surface area contributed by atoms with Gasteiger partial charge in [-0.1, -0.05) is 161 Å². The molecule has 2 heteroatoms. The van der Waals surface area contributed by atoms with Crippen LogP contribution in [0, 0.1) is 6.67 Å². The summed E-state index contributed by atoms with van der Waals surface area (Å²) in [6, 6.07) is 49.6. The van der Waals surface area contributed by atoms with Crippen LogP contribution in [0.4, 0.5) is 11.4 Å². The molecule has 236 valence electrons. The van der Waals surface area contributed by atoms with Gasteiger partial charge in [-0.15, -0.1) is 0 Å². The third-order valence-electron chi connectivity index (χ3n) is 10.5. The second kappa shape index (κ2) is 13.7. The van der Waals surface area contributed by atoms with E-state index in [1.807, 2.05) is 0 Å². The Labute approximate surface area is 281 Å². The summed E-state index contributed by atoms with van der Waals surface area (Å²) >= 11 is 0. The first-order chi connectivity index (χ1) is 23.2. The van der Waals surface area contributed by atoms with E-state index in [0.29, 0.717) is 11.8 Å². The highest BCUT2D eigenvalue weighted by atomic mass is 15.4. The van der Waals surface area contributed by atoms with Crippen LogP contribution >= 0.6 is 0 Å². The van der Waals surface area contributed by atoms with Crippen LogP contribution in [0.1, 0.15) is 99.6 Å². The minimum Gasteiger partial charge on any atom is -0.331 e. The highest BCUT2D eigenvalue weighted by molar-refractivity contribution is 6.00. The topological polar surface area (TPSA) is 6.48 Å². The third kappa shape index (κ3) is 5.58. The van der Waals surface area contributed by atoms with Gasteiger partial charge < -0.3 is 9.80 Å². The van der Waals surface area contributed by atoms with Crippen molar-refractivity contribution in [2.75, 3.05) is 9.80 Å². The second-order valence-corrected chi connectivity index (χ2v) is 13.0. The number of hydrogen-bond acceptors (Lipinski definition) is 2. The molecule has 1 fully saturated rings. The Kier molecular flexibility index (Phi) is 9.03. The Balaban J connectivity index is 1.57. The summed E-state index contributed by atoms with van der Waals surface area (Å²) in [7, 11) is 0. The van der Waals surface area contributed by atoms with Crippen LogP contribution in [-0.4, -0.2) is 0 Å². The minimum absolute atomic E-state index is 0.00559. The predicted octanol–water partition coefficient (Wildman–Crippen LogP) is 12.6. The quantitative estimate of drug-likeness (QED) is 0.151. The van der Waals surface area contributed by atoms with Crippen LogP contribution in [0.15, 0.2) is 133 Å². The van der Waals surface area contributed by atoms with E-state index >= 15 is 0 Å². The molecule has 2 radical (unpaired) electrons. The maximum atomic E-state index is 4.16. The van der Waals surface area contributed by atoms with Gasteiger partial charge in [0.2, 0.25) is 6.67 Å². The highest BCUT2D eigenvalue weighted by Gasteiger charge is 2.46. The molecule has 0 amide bonds. The van der Waals surface area contributed by atoms with Crippen LogP contribution in [0.2, 0.25) is 0 Å². The molecule has 0 bridgehead atoms. The third-order valence-corrected chi connectivity index (χ3v) is 10.5. The Hall–Kier alpha value is -4.56. The first-order valence-electron chi connectivity index (χ1n) is 17.7. The lowest BCUT2D eigenvalue weighted by Crippen LogP contribution is -2.25. The lowest BCUT2D eigenvalue weighted by molar-refractivity contribution is 0.602. The molecule has 0 spiro atoms. The van der Waals surface area contributed by atoms with Crippen molar-refractivity contribution in [1.29, 1.82) is 0 Å². The zero-order valence-corrected chi connectivity index (χ0v) is 28.2. The van der Waals surface area contributed by atoms with Crippen molar-refractivity contribution in [3.05, 3.63) is 162 Å². The van der Waals surface area contributed by atoms with Crippen LogP contribution < -0.4 is 9.80 Å². The molecule has 1 saturated heterocycles. The summed E-state index contributed by atoms with van der Waals surface area (Å²) < 4.78 is 0. The summed E-state index contributed by atoms with van der Waals surface area (Å²) in [6.07, 6.45) is 4.39. The van der Waals surface area contributed by atoms with Gasteiger partial charge in [-0.25, -0.2) is 0 Å². The van der Waals surface area contributed by atoms with Crippen LogP contribution in [0.5, 0.6) is 0 Å². The van der Waals surface area contributed by atoms with Gasteiger partial charge in [0, 0.05) is 10.8 Å². The molecular formula is C45H46N2. The average Bonchev–Trinajstić information content (AvgIpc) is 3.52. The summed E-state index contributed by atoms with van der Waals surface area (Å²) in [5.74, 6) is 0.907. The molecule has 0 aromatic heterocycles. The predicted molar refractivity (Wildman–Crippen MR) is 201 cm³/mol. The van der Waals surface area contributed by atoms with Crippen molar-refractivity contribution in [3.63, 3.8) is 0 Å². The number of benzene rings is 6. The minimum atomic E-state index is 0.00559. The Morgan fingerprint density at radius 2 is 0.809 bits per heavy atom. The van der Waals surface area contributed by atoms with Crippen molar-refractivity contribution < 1.29 is 0 Å². The molecule has 1 aliphatic heterocycles. The van der Waals surface area contributed by atoms with Crippen LogP contribution in [0.25, 0.3) is 21.5 Å². The van der Waals surface area contributed by atoms with Crippen LogP contribution in [-0.2, 0) is 0 Å². The van der Waals surface area contributed by atoms with Gasteiger partial charge in [0.1, 0.15) is 0 Å². The van der Waals surface area contributed by atoms with Gasteiger partial charge in [-0.3, -0.25) is 0 Å². The molecule has 47 heavy (non-hydrogen) atoms. The molecule has 2 nitrogen and oxygen atoms in total. The molecule has 2 atom stereocenters. The molecule has 6 aromatic carbocycles. The number of hydrogen-bond donors (Lipinski definition) is 0.